The van der Waals surface area contributed by atoms with E-state index in [1.54, 1.807) is 22.0 Å². The molecule has 0 saturated carbocycles. The Hall–Kier alpha value is -6.54. The number of hydrogen-bond acceptors (Lipinski definition) is 9. The second kappa shape index (κ2) is 17.1. The lowest BCUT2D eigenvalue weighted by Crippen LogP contribution is -2.49. The molecule has 3 aliphatic rings. The van der Waals surface area contributed by atoms with Gasteiger partial charge in [-0.05, 0) is 112 Å². The zero-order valence-electron chi connectivity index (χ0n) is 36.0. The number of aromatic nitrogens is 5. The minimum absolute atomic E-state index is 0.146. The number of H-pyrrole nitrogens is 1. The average Bonchev–Trinajstić information content (AvgIpc) is 3.96. The minimum Gasteiger partial charge on any atom is -0.372 e. The summed E-state index contributed by atoms with van der Waals surface area (Å²) < 4.78 is 1.80. The molecule has 4 amide bonds. The molecule has 0 spiro atoms. The smallest absolute Gasteiger partial charge is 0.328 e. The van der Waals surface area contributed by atoms with E-state index in [-0.39, 0.29) is 23.4 Å². The van der Waals surface area contributed by atoms with Gasteiger partial charge < -0.3 is 15.1 Å². The van der Waals surface area contributed by atoms with E-state index in [4.69, 9.17) is 4.98 Å². The summed E-state index contributed by atoms with van der Waals surface area (Å²) in [6.07, 6.45) is 7.96. The molecule has 3 fully saturated rings. The van der Waals surface area contributed by atoms with Crippen molar-refractivity contribution in [2.24, 2.45) is 5.92 Å². The molecule has 14 heteroatoms. The Kier molecular flexibility index (Phi) is 11.3. The van der Waals surface area contributed by atoms with Gasteiger partial charge in [-0.1, -0.05) is 24.3 Å². The molecule has 0 radical (unpaired) electrons. The van der Waals surface area contributed by atoms with Gasteiger partial charge in [0.25, 0.3) is 5.91 Å². The number of nitrogens with zero attached hydrogens (tertiary/aromatic N) is 8. The molecule has 0 bridgehead atoms. The zero-order valence-corrected chi connectivity index (χ0v) is 36.0. The molecule has 3 N–H and O–H groups in total. The Balaban J connectivity index is 0.759. The predicted octanol–water partition coefficient (Wildman–Crippen LogP) is 6.97. The van der Waals surface area contributed by atoms with Crippen molar-refractivity contribution in [1.82, 2.24) is 40.5 Å². The topological polar surface area (TPSA) is 148 Å². The molecular formula is C48H55N11O3. The molecule has 6 aromatic rings. The number of piperidine rings is 1. The summed E-state index contributed by atoms with van der Waals surface area (Å²) >= 11 is 0. The van der Waals surface area contributed by atoms with Gasteiger partial charge in [0.15, 0.2) is 5.65 Å². The van der Waals surface area contributed by atoms with Crippen LogP contribution in [0.3, 0.4) is 0 Å². The maximum Gasteiger partial charge on any atom is 0.328 e. The lowest BCUT2D eigenvalue weighted by Gasteiger charge is -2.40. The first-order valence-electron chi connectivity index (χ1n) is 21.8. The number of benzene rings is 3. The Morgan fingerprint density at radius 1 is 0.790 bits per heavy atom. The van der Waals surface area contributed by atoms with Gasteiger partial charge in [-0.3, -0.25) is 34.5 Å². The number of aromatic amines is 1. The quantitative estimate of drug-likeness (QED) is 0.133. The first-order chi connectivity index (χ1) is 29.9. The first kappa shape index (κ1) is 40.8. The normalized spacial score (nSPS) is 16.9. The van der Waals surface area contributed by atoms with E-state index in [0.717, 1.165) is 90.4 Å². The monoisotopic (exact) mass is 833 g/mol. The number of carbonyl (C=O) groups excluding carboxylic acids is 3. The van der Waals surface area contributed by atoms with Crippen LogP contribution < -0.4 is 25.3 Å². The van der Waals surface area contributed by atoms with E-state index in [1.165, 1.54) is 24.2 Å². The van der Waals surface area contributed by atoms with Crippen molar-refractivity contribution < 1.29 is 14.4 Å². The molecule has 62 heavy (non-hydrogen) atoms. The Morgan fingerprint density at radius 3 is 2.15 bits per heavy atom. The first-order valence-corrected chi connectivity index (χ1v) is 21.8. The summed E-state index contributed by atoms with van der Waals surface area (Å²) in [5.74, 6) is 0.325. The van der Waals surface area contributed by atoms with Crippen molar-refractivity contribution in [2.75, 3.05) is 67.1 Å². The van der Waals surface area contributed by atoms with E-state index < -0.39 is 0 Å². The van der Waals surface area contributed by atoms with Crippen LogP contribution >= 0.6 is 0 Å². The van der Waals surface area contributed by atoms with Gasteiger partial charge in [0.05, 0.1) is 23.0 Å². The SMILES string of the molecule is Cc1cc(-c2[nH]nc3ncc(-c4ccc(N5CCN(CC6CCN(c7ccc(N8CCC(=O)NC8=O)cc7)CC6)CC5)cc4)cc23)ccc1CNC(=O)c1cnn(C(C)(C)C)c1. The molecule has 6 heterocycles. The van der Waals surface area contributed by atoms with E-state index in [1.807, 2.05) is 18.3 Å². The third-order valence-electron chi connectivity index (χ3n) is 12.7. The fourth-order valence-corrected chi connectivity index (χ4v) is 8.86. The Bertz CT molecular complexity index is 2580. The van der Waals surface area contributed by atoms with Crippen molar-refractivity contribution in [3.8, 4) is 22.4 Å². The van der Waals surface area contributed by atoms with Gasteiger partial charge in [0.2, 0.25) is 5.91 Å². The van der Waals surface area contributed by atoms with Crippen molar-refractivity contribution >= 4 is 45.9 Å². The summed E-state index contributed by atoms with van der Waals surface area (Å²) in [4.78, 5) is 50.6. The highest BCUT2D eigenvalue weighted by Gasteiger charge is 2.27. The maximum absolute atomic E-state index is 12.9. The number of pyridine rings is 1. The van der Waals surface area contributed by atoms with Crippen LogP contribution in [-0.4, -0.2) is 100 Å². The molecule has 9 rings (SSSR count). The van der Waals surface area contributed by atoms with Gasteiger partial charge in [-0.2, -0.15) is 10.2 Å². The van der Waals surface area contributed by atoms with Gasteiger partial charge >= 0.3 is 6.03 Å². The number of piperazine rings is 1. The molecule has 320 valence electrons. The number of amides is 4. The number of rotatable bonds is 10. The van der Waals surface area contributed by atoms with E-state index in [0.29, 0.717) is 36.6 Å². The zero-order chi connectivity index (χ0) is 43.0. The van der Waals surface area contributed by atoms with Crippen LogP contribution in [0.2, 0.25) is 0 Å². The second-order valence-electron chi connectivity index (χ2n) is 17.9. The van der Waals surface area contributed by atoms with Crippen LogP contribution in [-0.2, 0) is 16.9 Å². The van der Waals surface area contributed by atoms with E-state index in [2.05, 4.69) is 129 Å². The number of aryl methyl sites for hydroxylation is 1. The molecule has 3 aromatic heterocycles. The molecule has 0 atom stereocenters. The number of hydrogen-bond donors (Lipinski definition) is 3. The molecular weight excluding hydrogens is 779 g/mol. The highest BCUT2D eigenvalue weighted by atomic mass is 16.2. The number of anilines is 3. The van der Waals surface area contributed by atoms with E-state index in [9.17, 15) is 14.4 Å². The summed E-state index contributed by atoms with van der Waals surface area (Å²) in [5, 5.41) is 18.5. The van der Waals surface area contributed by atoms with E-state index >= 15 is 0 Å². The van der Waals surface area contributed by atoms with Gasteiger partial charge in [0, 0.05) is 111 Å². The minimum atomic E-state index is -0.347. The number of imide groups is 1. The lowest BCUT2D eigenvalue weighted by molar-refractivity contribution is -0.120. The lowest BCUT2D eigenvalue weighted by atomic mass is 9.95. The largest absolute Gasteiger partial charge is 0.372 e. The number of carbonyl (C=O) groups is 3. The number of fused-ring (bicyclic) bond motifs is 1. The molecule has 14 nitrogen and oxygen atoms in total. The highest BCUT2D eigenvalue weighted by molar-refractivity contribution is 6.05. The summed E-state index contributed by atoms with van der Waals surface area (Å²) in [6, 6.07) is 25.1. The highest BCUT2D eigenvalue weighted by Crippen LogP contribution is 2.32. The van der Waals surface area contributed by atoms with Crippen LogP contribution in [0, 0.1) is 12.8 Å². The standard InChI is InChI=1S/C48H55N11O3/c1-32-25-35(5-6-36(32)27-50-46(61)38-29-51-59(31-38)48(2,3)4)44-42-26-37(28-49-45(42)54-53-44)34-7-9-39(10-8-34)57-23-21-55(22-24-57)30-33-15-18-56(19-16-33)40-11-13-41(14-12-40)58-20-17-43(60)52-47(58)62/h5-14,25-26,28-29,31,33H,15-24,27,30H2,1-4H3,(H,50,61)(H,49,53,54)(H,52,60,62). The van der Waals surface area contributed by atoms with Crippen molar-refractivity contribution in [3.63, 3.8) is 0 Å². The number of urea groups is 1. The molecule has 0 unspecified atom stereocenters. The summed E-state index contributed by atoms with van der Waals surface area (Å²) in [7, 11) is 0. The van der Waals surface area contributed by atoms with Crippen molar-refractivity contribution in [3.05, 3.63) is 108 Å². The van der Waals surface area contributed by atoms with Gasteiger partial charge in [-0.25, -0.2) is 9.78 Å². The van der Waals surface area contributed by atoms with Crippen molar-refractivity contribution in [2.45, 2.75) is 59.0 Å². The fourth-order valence-electron chi connectivity index (χ4n) is 8.86. The van der Waals surface area contributed by atoms with Gasteiger partial charge in [-0.15, -0.1) is 0 Å². The number of nitrogens with one attached hydrogen (secondary N) is 3. The third kappa shape index (κ3) is 8.78. The van der Waals surface area contributed by atoms with Crippen LogP contribution in [0.4, 0.5) is 21.9 Å². The van der Waals surface area contributed by atoms with Crippen LogP contribution in [0.5, 0.6) is 0 Å². The molecule has 3 saturated heterocycles. The Labute approximate surface area is 362 Å². The average molecular weight is 834 g/mol. The van der Waals surface area contributed by atoms with Gasteiger partial charge in [0.1, 0.15) is 0 Å². The maximum atomic E-state index is 12.9. The molecule has 3 aromatic carbocycles. The second-order valence-corrected chi connectivity index (χ2v) is 17.9. The third-order valence-corrected chi connectivity index (χ3v) is 12.7. The molecule has 3 aliphatic heterocycles. The predicted molar refractivity (Wildman–Crippen MR) is 243 cm³/mol. The Morgan fingerprint density at radius 2 is 1.47 bits per heavy atom. The molecule has 0 aliphatic carbocycles. The van der Waals surface area contributed by atoms with Crippen LogP contribution in [0.1, 0.15) is 61.5 Å². The van der Waals surface area contributed by atoms with Crippen LogP contribution in [0.25, 0.3) is 33.4 Å². The summed E-state index contributed by atoms with van der Waals surface area (Å²) in [6.45, 7) is 16.4. The van der Waals surface area contributed by atoms with Crippen LogP contribution in [0.15, 0.2) is 91.4 Å². The fraction of sp³-hybridized carbons (Fsp3) is 0.375. The van der Waals surface area contributed by atoms with Crippen molar-refractivity contribution in [1.29, 1.82) is 0 Å². The summed E-state index contributed by atoms with van der Waals surface area (Å²) in [5.41, 5.74) is 10.5.